The summed E-state index contributed by atoms with van der Waals surface area (Å²) in [5.41, 5.74) is 2.02. The van der Waals surface area contributed by atoms with Gasteiger partial charge in [-0.15, -0.1) is 4.72 Å². The van der Waals surface area contributed by atoms with E-state index in [1.807, 2.05) is 26.8 Å². The highest BCUT2D eigenvalue weighted by molar-refractivity contribution is 7.90. The standard InChI is InChI=1S/C17H24FNO2S/c1-6-15(12(2)20)13-8-7-9-14(10-13)16(11-18)19-22(21)17(3,4)5/h6-10,16,19-20H,1,11H2,2-5H3/b15-12-. The molecule has 0 spiro atoms. The molecule has 1 aromatic carbocycles. The van der Waals surface area contributed by atoms with Crippen LogP contribution < -0.4 is 4.72 Å². The predicted molar refractivity (Wildman–Crippen MR) is 91.6 cm³/mol. The van der Waals surface area contributed by atoms with Crippen LogP contribution in [0.4, 0.5) is 4.39 Å². The quantitative estimate of drug-likeness (QED) is 0.468. The van der Waals surface area contributed by atoms with Gasteiger partial charge in [0, 0.05) is 16.9 Å². The van der Waals surface area contributed by atoms with Crippen molar-refractivity contribution in [2.75, 3.05) is 6.67 Å². The topological polar surface area (TPSA) is 55.3 Å². The first kappa shape index (κ1) is 18.7. The lowest BCUT2D eigenvalue weighted by Crippen LogP contribution is -2.41. The molecule has 5 heteroatoms. The molecule has 1 rings (SSSR count). The summed E-state index contributed by atoms with van der Waals surface area (Å²) in [6, 6.07) is 6.48. The van der Waals surface area contributed by atoms with Crippen molar-refractivity contribution >= 4 is 16.9 Å². The molecule has 22 heavy (non-hydrogen) atoms. The third-order valence-electron chi connectivity index (χ3n) is 3.15. The summed E-state index contributed by atoms with van der Waals surface area (Å²) in [5, 5.41) is 9.67. The number of allylic oxidation sites excluding steroid dienone is 3. The highest BCUT2D eigenvalue weighted by Gasteiger charge is 2.30. The second kappa shape index (κ2) is 7.81. The average Bonchev–Trinajstić information content (AvgIpc) is 2.44. The van der Waals surface area contributed by atoms with Crippen molar-refractivity contribution in [3.63, 3.8) is 0 Å². The maximum absolute atomic E-state index is 13.4. The van der Waals surface area contributed by atoms with Crippen LogP contribution in [0.1, 0.15) is 44.9 Å². The molecule has 0 aliphatic heterocycles. The number of alkyl halides is 1. The van der Waals surface area contributed by atoms with Gasteiger partial charge >= 0.3 is 0 Å². The lowest BCUT2D eigenvalue weighted by Gasteiger charge is -2.27. The van der Waals surface area contributed by atoms with Crippen molar-refractivity contribution in [2.45, 2.75) is 38.5 Å². The predicted octanol–water partition coefficient (Wildman–Crippen LogP) is 4.22. The van der Waals surface area contributed by atoms with Gasteiger partial charge in [-0.3, -0.25) is 0 Å². The largest absolute Gasteiger partial charge is 0.598 e. The van der Waals surface area contributed by atoms with E-state index in [4.69, 9.17) is 0 Å². The summed E-state index contributed by atoms with van der Waals surface area (Å²) in [6.07, 6.45) is 1.56. The summed E-state index contributed by atoms with van der Waals surface area (Å²) < 4.78 is 27.9. The third-order valence-corrected chi connectivity index (χ3v) is 4.76. The number of rotatable bonds is 6. The Morgan fingerprint density at radius 2 is 2.14 bits per heavy atom. The highest BCUT2D eigenvalue weighted by Crippen LogP contribution is 2.25. The molecule has 0 aromatic heterocycles. The molecule has 0 radical (unpaired) electrons. The van der Waals surface area contributed by atoms with Crippen molar-refractivity contribution in [3.05, 3.63) is 53.8 Å². The number of hydrogen-bond acceptors (Lipinski definition) is 3. The molecule has 1 aromatic rings. The molecule has 122 valence electrons. The number of hydrogen-bond donors (Lipinski definition) is 2. The molecule has 0 saturated heterocycles. The minimum absolute atomic E-state index is 0.148. The van der Waals surface area contributed by atoms with Gasteiger partial charge < -0.3 is 9.66 Å². The van der Waals surface area contributed by atoms with E-state index in [-0.39, 0.29) is 5.76 Å². The Balaban J connectivity index is 3.09. The average molecular weight is 325 g/mol. The SMILES string of the molecule is C=C/C(=C(\C)O)c1cccc(C(CF)N[S+]([O-])C(C)(C)C)c1. The van der Waals surface area contributed by atoms with E-state index >= 15 is 0 Å². The zero-order valence-corrected chi connectivity index (χ0v) is 14.3. The minimum Gasteiger partial charge on any atom is -0.598 e. The van der Waals surface area contributed by atoms with Gasteiger partial charge in [-0.25, -0.2) is 4.39 Å². The lowest BCUT2D eigenvalue weighted by atomic mass is 9.99. The monoisotopic (exact) mass is 325 g/mol. The summed E-state index contributed by atoms with van der Waals surface area (Å²) in [7, 11) is 0. The van der Waals surface area contributed by atoms with Crippen LogP contribution in [0.3, 0.4) is 0 Å². The van der Waals surface area contributed by atoms with Crippen molar-refractivity contribution in [2.24, 2.45) is 0 Å². The van der Waals surface area contributed by atoms with Gasteiger partial charge in [-0.2, -0.15) is 0 Å². The van der Waals surface area contributed by atoms with Crippen LogP contribution in [0.5, 0.6) is 0 Å². The first-order valence-electron chi connectivity index (χ1n) is 7.07. The van der Waals surface area contributed by atoms with Gasteiger partial charge in [0.15, 0.2) is 0 Å². The van der Waals surface area contributed by atoms with Crippen molar-refractivity contribution in [3.8, 4) is 0 Å². The van der Waals surface area contributed by atoms with E-state index in [2.05, 4.69) is 11.3 Å². The Morgan fingerprint density at radius 3 is 2.59 bits per heavy atom. The molecular weight excluding hydrogens is 301 g/mol. The Hall–Kier alpha value is -1.30. The molecule has 0 aliphatic carbocycles. The fourth-order valence-electron chi connectivity index (χ4n) is 1.89. The van der Waals surface area contributed by atoms with Gasteiger partial charge in [-0.1, -0.05) is 30.9 Å². The third kappa shape index (κ3) is 4.87. The number of nitrogens with one attached hydrogen (secondary N) is 1. The summed E-state index contributed by atoms with van der Waals surface area (Å²) in [6.45, 7) is 10.1. The summed E-state index contributed by atoms with van der Waals surface area (Å²) >= 11 is -1.37. The highest BCUT2D eigenvalue weighted by atomic mass is 32.2. The van der Waals surface area contributed by atoms with E-state index in [0.717, 1.165) is 5.56 Å². The molecule has 2 atom stereocenters. The molecule has 2 unspecified atom stereocenters. The molecule has 0 heterocycles. The first-order valence-corrected chi connectivity index (χ1v) is 8.22. The fourth-order valence-corrected chi connectivity index (χ4v) is 2.70. The number of benzene rings is 1. The number of aliphatic hydroxyl groups is 1. The Morgan fingerprint density at radius 1 is 1.50 bits per heavy atom. The zero-order chi connectivity index (χ0) is 16.9. The normalized spacial score (nSPS) is 15.9. The fraction of sp³-hybridized carbons (Fsp3) is 0.412. The van der Waals surface area contributed by atoms with Gasteiger partial charge in [-0.05, 0) is 44.9 Å². The Bertz CT molecular complexity index is 548. The summed E-state index contributed by atoms with van der Waals surface area (Å²) in [5.74, 6) is 0.148. The smallest absolute Gasteiger partial charge is 0.136 e. The van der Waals surface area contributed by atoms with Crippen molar-refractivity contribution in [1.82, 2.24) is 4.72 Å². The minimum atomic E-state index is -1.37. The number of halogens is 1. The van der Waals surface area contributed by atoms with Crippen LogP contribution in [-0.2, 0) is 11.4 Å². The van der Waals surface area contributed by atoms with E-state index in [1.54, 1.807) is 31.2 Å². The van der Waals surface area contributed by atoms with Crippen molar-refractivity contribution < 1.29 is 14.0 Å². The Labute approximate surface area is 135 Å². The van der Waals surface area contributed by atoms with Gasteiger partial charge in [0.25, 0.3) is 0 Å². The maximum atomic E-state index is 13.4. The van der Waals surface area contributed by atoms with Crippen molar-refractivity contribution in [1.29, 1.82) is 0 Å². The first-order chi connectivity index (χ1) is 10.2. The molecule has 0 amide bonds. The van der Waals surface area contributed by atoms with Crippen LogP contribution in [0.15, 0.2) is 42.7 Å². The van der Waals surface area contributed by atoms with Crippen LogP contribution >= 0.6 is 0 Å². The molecule has 0 fully saturated rings. The zero-order valence-electron chi connectivity index (χ0n) is 13.5. The van der Waals surface area contributed by atoms with Crippen LogP contribution in [0.2, 0.25) is 0 Å². The lowest BCUT2D eigenvalue weighted by molar-refractivity contribution is 0.409. The summed E-state index contributed by atoms with van der Waals surface area (Å²) in [4.78, 5) is 0. The van der Waals surface area contributed by atoms with E-state index in [1.165, 1.54) is 0 Å². The molecule has 0 saturated carbocycles. The second-order valence-electron chi connectivity index (χ2n) is 6.03. The van der Waals surface area contributed by atoms with Gasteiger partial charge in [0.2, 0.25) is 0 Å². The Kier molecular flexibility index (Phi) is 6.66. The van der Waals surface area contributed by atoms with Gasteiger partial charge in [0.1, 0.15) is 17.5 Å². The van der Waals surface area contributed by atoms with Gasteiger partial charge in [0.05, 0.1) is 5.76 Å². The number of aliphatic hydroxyl groups excluding tert-OH is 1. The maximum Gasteiger partial charge on any atom is 0.136 e. The molecular formula is C17H24FNO2S. The van der Waals surface area contributed by atoms with Crippen LogP contribution in [-0.4, -0.2) is 21.1 Å². The molecule has 0 aliphatic rings. The molecule has 3 nitrogen and oxygen atoms in total. The second-order valence-corrected chi connectivity index (χ2v) is 8.03. The van der Waals surface area contributed by atoms with Crippen LogP contribution in [0, 0.1) is 0 Å². The molecule has 2 N–H and O–H groups in total. The van der Waals surface area contributed by atoms with E-state index < -0.39 is 28.8 Å². The van der Waals surface area contributed by atoms with E-state index in [9.17, 15) is 14.0 Å². The molecule has 0 bridgehead atoms. The van der Waals surface area contributed by atoms with Crippen LogP contribution in [0.25, 0.3) is 5.57 Å². The van der Waals surface area contributed by atoms with E-state index in [0.29, 0.717) is 11.1 Å².